The summed E-state index contributed by atoms with van der Waals surface area (Å²) < 4.78 is 16.5. The van der Waals surface area contributed by atoms with E-state index in [0.717, 1.165) is 42.8 Å². The van der Waals surface area contributed by atoms with Gasteiger partial charge >= 0.3 is 11.9 Å². The van der Waals surface area contributed by atoms with Crippen molar-refractivity contribution < 1.29 is 33.7 Å². The second-order valence-electron chi connectivity index (χ2n) is 13.3. The third-order valence-electron chi connectivity index (χ3n) is 7.79. The lowest BCUT2D eigenvalue weighted by Gasteiger charge is -2.26. The molecule has 1 aliphatic rings. The fourth-order valence-corrected chi connectivity index (χ4v) is 5.42. The molecule has 270 valence electrons. The van der Waals surface area contributed by atoms with Gasteiger partial charge in [0.2, 0.25) is 5.91 Å². The lowest BCUT2D eigenvalue weighted by Crippen LogP contribution is -2.41. The molecule has 1 amide bonds. The number of amides is 1. The van der Waals surface area contributed by atoms with Crippen LogP contribution in [0.25, 0.3) is 0 Å². The summed E-state index contributed by atoms with van der Waals surface area (Å²) in [6.07, 6.45) is 9.36. The highest BCUT2D eigenvalue weighted by Gasteiger charge is 2.23. The molecule has 0 atom stereocenters. The van der Waals surface area contributed by atoms with Gasteiger partial charge in [0.1, 0.15) is 25.3 Å². The number of rotatable bonds is 16. The molecule has 0 radical (unpaired) electrons. The number of ether oxygens (including phenoxy) is 3. The van der Waals surface area contributed by atoms with Gasteiger partial charge in [0, 0.05) is 25.7 Å². The van der Waals surface area contributed by atoms with Crippen LogP contribution in [0, 0.1) is 0 Å². The summed E-state index contributed by atoms with van der Waals surface area (Å²) in [7, 11) is 0. The normalized spacial score (nSPS) is 13.4. The molecule has 1 fully saturated rings. The number of carbonyl (C=O) groups excluding carboxylic acids is 3. The Hall–Kier alpha value is -4.31. The number of nitrogens with zero attached hydrogens (tertiary/aromatic N) is 2. The molecule has 3 aromatic carbocycles. The number of aliphatic hydroxyl groups excluding tert-OH is 1. The van der Waals surface area contributed by atoms with Crippen molar-refractivity contribution in [2.45, 2.75) is 84.3 Å². The molecule has 1 saturated carbocycles. The van der Waals surface area contributed by atoms with Crippen LogP contribution in [-0.2, 0) is 48.3 Å². The second kappa shape index (κ2) is 22.4. The minimum absolute atomic E-state index is 0.0701. The van der Waals surface area contributed by atoms with E-state index in [1.807, 2.05) is 18.2 Å². The van der Waals surface area contributed by atoms with E-state index in [9.17, 15) is 14.4 Å². The largest absolute Gasteiger partial charge is 0.459 e. The Morgan fingerprint density at radius 1 is 0.760 bits per heavy atom. The van der Waals surface area contributed by atoms with Gasteiger partial charge in [0.05, 0.1) is 19.3 Å². The van der Waals surface area contributed by atoms with E-state index in [-0.39, 0.29) is 13.2 Å². The lowest BCUT2D eigenvalue weighted by atomic mass is 9.98. The lowest BCUT2D eigenvalue weighted by molar-refractivity contribution is -0.160. The Morgan fingerprint density at radius 3 is 1.80 bits per heavy atom. The number of hydrogen-bond donors (Lipinski definition) is 1. The average Bonchev–Trinajstić information content (AvgIpc) is 3.10. The van der Waals surface area contributed by atoms with Crippen molar-refractivity contribution in [3.8, 4) is 0 Å². The van der Waals surface area contributed by atoms with E-state index < -0.39 is 36.5 Å². The minimum Gasteiger partial charge on any atom is -0.459 e. The molecule has 0 aliphatic heterocycles. The van der Waals surface area contributed by atoms with E-state index in [1.165, 1.54) is 49.3 Å². The maximum absolute atomic E-state index is 12.1. The Kier molecular flexibility index (Phi) is 18.0. The summed E-state index contributed by atoms with van der Waals surface area (Å²) >= 11 is 0. The Balaban J connectivity index is 0.000000271. The zero-order chi connectivity index (χ0) is 36.0. The number of esters is 2. The molecule has 0 aromatic heterocycles. The summed E-state index contributed by atoms with van der Waals surface area (Å²) in [5.41, 5.74) is 2.84. The van der Waals surface area contributed by atoms with Gasteiger partial charge in [-0.1, -0.05) is 116 Å². The van der Waals surface area contributed by atoms with E-state index >= 15 is 0 Å². The van der Waals surface area contributed by atoms with Crippen LogP contribution >= 0.6 is 0 Å². The number of aliphatic hydroxyl groups is 1. The van der Waals surface area contributed by atoms with Crippen molar-refractivity contribution in [3.05, 3.63) is 120 Å². The van der Waals surface area contributed by atoms with Gasteiger partial charge in [0.25, 0.3) is 0 Å². The molecule has 0 unspecified atom stereocenters. The van der Waals surface area contributed by atoms with Crippen LogP contribution in [-0.4, -0.2) is 77.3 Å². The van der Waals surface area contributed by atoms with E-state index in [2.05, 4.69) is 65.6 Å². The fraction of sp³-hybridized carbons (Fsp3) is 0.439. The van der Waals surface area contributed by atoms with Crippen molar-refractivity contribution in [3.63, 3.8) is 0 Å². The molecule has 9 nitrogen and oxygen atoms in total. The van der Waals surface area contributed by atoms with Crippen LogP contribution in [0.3, 0.4) is 0 Å². The van der Waals surface area contributed by atoms with Gasteiger partial charge in [0.15, 0.2) is 0 Å². The van der Waals surface area contributed by atoms with Crippen molar-refractivity contribution in [2.75, 3.05) is 32.8 Å². The molecule has 3 aromatic rings. The van der Waals surface area contributed by atoms with E-state index in [4.69, 9.17) is 19.3 Å². The van der Waals surface area contributed by atoms with Crippen LogP contribution in [0.5, 0.6) is 0 Å². The van der Waals surface area contributed by atoms with Gasteiger partial charge < -0.3 is 24.2 Å². The summed E-state index contributed by atoms with van der Waals surface area (Å²) in [4.78, 5) is 39.6. The standard InChI is InChI=1S/C22H29NO.C19H25NO6/c1-4-10-20(11-5-1)18-23(19-21-12-6-2-7-13-21)16-17-24-22-14-8-3-9-15-22;1-19(2,3)26-18(24)13-20(16(22)10-7-11-21)12-17(23)25-14-15-8-5-4-6-9-15/h1-2,4-7,10-13,22H,3,8-9,14-19H2;4-10,21H,11-14H2,1-3H3/b;10-7+. The number of benzene rings is 3. The van der Waals surface area contributed by atoms with Gasteiger partial charge in [-0.05, 0) is 50.3 Å². The molecule has 1 aliphatic carbocycles. The quantitative estimate of drug-likeness (QED) is 0.135. The smallest absolute Gasteiger partial charge is 0.326 e. The van der Waals surface area contributed by atoms with Gasteiger partial charge in [-0.3, -0.25) is 19.3 Å². The highest BCUT2D eigenvalue weighted by Crippen LogP contribution is 2.20. The highest BCUT2D eigenvalue weighted by molar-refractivity contribution is 5.92. The second-order valence-corrected chi connectivity index (χ2v) is 13.3. The Morgan fingerprint density at radius 2 is 1.28 bits per heavy atom. The molecule has 0 bridgehead atoms. The van der Waals surface area contributed by atoms with E-state index in [1.54, 1.807) is 32.9 Å². The van der Waals surface area contributed by atoms with Gasteiger partial charge in [-0.15, -0.1) is 0 Å². The first kappa shape index (κ1) is 40.1. The first-order valence-corrected chi connectivity index (χ1v) is 17.5. The molecular formula is C41H54N2O7. The monoisotopic (exact) mass is 686 g/mol. The minimum atomic E-state index is -0.708. The van der Waals surface area contributed by atoms with Crippen LogP contribution in [0.2, 0.25) is 0 Å². The summed E-state index contributed by atoms with van der Waals surface area (Å²) in [5.74, 6) is -1.89. The molecule has 50 heavy (non-hydrogen) atoms. The molecule has 4 rings (SSSR count). The van der Waals surface area contributed by atoms with Crippen molar-refractivity contribution in [2.24, 2.45) is 0 Å². The summed E-state index contributed by atoms with van der Waals surface area (Å²) in [6, 6.07) is 30.6. The Bertz CT molecular complexity index is 1380. The maximum Gasteiger partial charge on any atom is 0.326 e. The third kappa shape index (κ3) is 17.4. The predicted molar refractivity (Wildman–Crippen MR) is 195 cm³/mol. The van der Waals surface area contributed by atoms with Crippen LogP contribution in [0.1, 0.15) is 69.6 Å². The SMILES string of the molecule is CC(C)(C)OC(=O)CN(CC(=O)OCc1ccccc1)C(=O)/C=C/CO.c1ccc(CN(CCOC2CCCCC2)Cc2ccccc2)cc1. The molecular weight excluding hydrogens is 632 g/mol. The molecule has 0 saturated heterocycles. The van der Waals surface area contributed by atoms with Crippen molar-refractivity contribution >= 4 is 17.8 Å². The van der Waals surface area contributed by atoms with Gasteiger partial charge in [-0.25, -0.2) is 0 Å². The predicted octanol–water partition coefficient (Wildman–Crippen LogP) is 6.49. The van der Waals surface area contributed by atoms with E-state index in [0.29, 0.717) is 6.10 Å². The highest BCUT2D eigenvalue weighted by atomic mass is 16.6. The zero-order valence-corrected chi connectivity index (χ0v) is 29.9. The van der Waals surface area contributed by atoms with Crippen molar-refractivity contribution in [1.82, 2.24) is 9.80 Å². The Labute approximate surface area is 297 Å². The third-order valence-corrected chi connectivity index (χ3v) is 7.79. The molecule has 0 heterocycles. The summed E-state index contributed by atoms with van der Waals surface area (Å²) in [5, 5.41) is 8.78. The number of carbonyl (C=O) groups is 3. The van der Waals surface area contributed by atoms with Gasteiger partial charge in [-0.2, -0.15) is 0 Å². The van der Waals surface area contributed by atoms with Crippen LogP contribution < -0.4 is 0 Å². The molecule has 0 spiro atoms. The molecule has 9 heteroatoms. The maximum atomic E-state index is 12.1. The number of hydrogen-bond acceptors (Lipinski definition) is 8. The topological polar surface area (TPSA) is 106 Å². The summed E-state index contributed by atoms with van der Waals surface area (Å²) in [6.45, 7) is 7.83. The molecule has 1 N–H and O–H groups in total. The van der Waals surface area contributed by atoms with Crippen molar-refractivity contribution in [1.29, 1.82) is 0 Å². The first-order valence-electron chi connectivity index (χ1n) is 17.5. The average molecular weight is 687 g/mol. The fourth-order valence-electron chi connectivity index (χ4n) is 5.42. The first-order chi connectivity index (χ1) is 24.1. The zero-order valence-electron chi connectivity index (χ0n) is 29.9. The van der Waals surface area contributed by atoms with Crippen LogP contribution in [0.4, 0.5) is 0 Å². The van der Waals surface area contributed by atoms with Crippen LogP contribution in [0.15, 0.2) is 103 Å².